The number of carbonyl (C=O) groups is 1. The lowest BCUT2D eigenvalue weighted by Crippen LogP contribution is -2.18. The van der Waals surface area contributed by atoms with Gasteiger partial charge in [0.15, 0.2) is 5.78 Å². The summed E-state index contributed by atoms with van der Waals surface area (Å²) >= 11 is 0. The number of hydrogen-bond donors (Lipinski definition) is 0. The summed E-state index contributed by atoms with van der Waals surface area (Å²) in [7, 11) is 4.09. The molecule has 0 amide bonds. The van der Waals surface area contributed by atoms with Gasteiger partial charge in [0.1, 0.15) is 0 Å². The molecule has 0 N–H and O–H groups in total. The predicted molar refractivity (Wildman–Crippen MR) is 54.7 cm³/mol. The molecule has 1 aliphatic rings. The van der Waals surface area contributed by atoms with Crippen LogP contribution in [0.4, 0.5) is 0 Å². The minimum absolute atomic E-state index is 0.380. The first kappa shape index (κ1) is 10.5. The molecule has 0 heterocycles. The van der Waals surface area contributed by atoms with E-state index in [2.05, 4.69) is 11.8 Å². The van der Waals surface area contributed by atoms with Gasteiger partial charge < -0.3 is 4.90 Å². The van der Waals surface area contributed by atoms with E-state index < -0.39 is 0 Å². The Kier molecular flexibility index (Phi) is 3.67. The smallest absolute Gasteiger partial charge is 0.158 e. The Hall–Kier alpha value is -0.630. The van der Waals surface area contributed by atoms with Crippen LogP contribution >= 0.6 is 0 Å². The number of rotatable bonds is 3. The third-order valence-corrected chi connectivity index (χ3v) is 2.62. The van der Waals surface area contributed by atoms with Crippen molar-refractivity contribution in [1.82, 2.24) is 4.90 Å². The lowest BCUT2D eigenvalue weighted by molar-refractivity contribution is -0.116. The van der Waals surface area contributed by atoms with Gasteiger partial charge in [0.2, 0.25) is 0 Å². The number of nitrogens with zero attached hydrogens (tertiary/aromatic N) is 1. The molecule has 0 aromatic heterocycles. The molecule has 1 rings (SSSR count). The highest BCUT2D eigenvalue weighted by atomic mass is 16.1. The molecular weight excluding hydrogens is 162 g/mol. The molecule has 0 fully saturated rings. The first-order chi connectivity index (χ1) is 6.11. The second-order valence-corrected chi connectivity index (χ2v) is 4.09. The molecule has 0 atom stereocenters. The molecule has 13 heavy (non-hydrogen) atoms. The fourth-order valence-corrected chi connectivity index (χ4v) is 1.74. The maximum atomic E-state index is 11.5. The van der Waals surface area contributed by atoms with Gasteiger partial charge in [-0.25, -0.2) is 0 Å². The molecule has 74 valence electrons. The average molecular weight is 181 g/mol. The van der Waals surface area contributed by atoms with Crippen molar-refractivity contribution in [2.45, 2.75) is 32.6 Å². The molecule has 0 bridgehead atoms. The molecule has 0 saturated heterocycles. The van der Waals surface area contributed by atoms with E-state index in [0.717, 1.165) is 37.8 Å². The van der Waals surface area contributed by atoms with Crippen molar-refractivity contribution in [3.05, 3.63) is 11.1 Å². The van der Waals surface area contributed by atoms with E-state index in [1.165, 1.54) is 5.57 Å². The first-order valence-corrected chi connectivity index (χ1v) is 4.98. The van der Waals surface area contributed by atoms with Crippen LogP contribution in [0.25, 0.3) is 0 Å². The number of ketones is 1. The van der Waals surface area contributed by atoms with E-state index in [1.54, 1.807) is 0 Å². The van der Waals surface area contributed by atoms with Crippen molar-refractivity contribution < 1.29 is 4.79 Å². The zero-order valence-corrected chi connectivity index (χ0v) is 8.89. The first-order valence-electron chi connectivity index (χ1n) is 4.98. The largest absolute Gasteiger partial charge is 0.309 e. The van der Waals surface area contributed by atoms with E-state index >= 15 is 0 Å². The van der Waals surface area contributed by atoms with Gasteiger partial charge in [-0.3, -0.25) is 4.79 Å². The topological polar surface area (TPSA) is 20.3 Å². The Balaban J connectivity index is 2.58. The van der Waals surface area contributed by atoms with Gasteiger partial charge in [0, 0.05) is 13.0 Å². The van der Waals surface area contributed by atoms with Crippen molar-refractivity contribution in [3.63, 3.8) is 0 Å². The van der Waals surface area contributed by atoms with Crippen molar-refractivity contribution >= 4 is 5.78 Å². The van der Waals surface area contributed by atoms with Gasteiger partial charge in [-0.2, -0.15) is 0 Å². The monoisotopic (exact) mass is 181 g/mol. The van der Waals surface area contributed by atoms with E-state index in [4.69, 9.17) is 0 Å². The van der Waals surface area contributed by atoms with Crippen LogP contribution in [-0.2, 0) is 4.79 Å². The molecule has 0 aromatic carbocycles. The Labute approximate surface area is 80.6 Å². The minimum atomic E-state index is 0.380. The zero-order chi connectivity index (χ0) is 9.84. The van der Waals surface area contributed by atoms with Crippen molar-refractivity contribution in [2.24, 2.45) is 0 Å². The SMILES string of the molecule is CC1=C(CCN(C)C)C(=O)CCC1. The maximum Gasteiger partial charge on any atom is 0.158 e. The molecule has 0 radical (unpaired) electrons. The molecule has 0 spiro atoms. The summed E-state index contributed by atoms with van der Waals surface area (Å²) in [6.07, 6.45) is 3.86. The third-order valence-electron chi connectivity index (χ3n) is 2.62. The summed E-state index contributed by atoms with van der Waals surface area (Å²) in [6.45, 7) is 3.08. The Morgan fingerprint density at radius 1 is 1.31 bits per heavy atom. The van der Waals surface area contributed by atoms with Gasteiger partial charge in [-0.1, -0.05) is 5.57 Å². The highest BCUT2D eigenvalue weighted by Crippen LogP contribution is 2.23. The number of Topliss-reactive ketones (excluding diaryl/α,β-unsaturated/α-hetero) is 1. The van der Waals surface area contributed by atoms with E-state index in [-0.39, 0.29) is 0 Å². The number of carbonyl (C=O) groups excluding carboxylic acids is 1. The van der Waals surface area contributed by atoms with E-state index in [0.29, 0.717) is 5.78 Å². The molecule has 2 nitrogen and oxygen atoms in total. The fourth-order valence-electron chi connectivity index (χ4n) is 1.74. The highest BCUT2D eigenvalue weighted by Gasteiger charge is 2.17. The molecule has 1 aliphatic carbocycles. The average Bonchev–Trinajstić information content (AvgIpc) is 2.03. The highest BCUT2D eigenvalue weighted by molar-refractivity contribution is 5.96. The van der Waals surface area contributed by atoms with Crippen LogP contribution in [0.5, 0.6) is 0 Å². The van der Waals surface area contributed by atoms with Gasteiger partial charge in [-0.05, 0) is 45.9 Å². The number of allylic oxidation sites excluding steroid dienone is 1. The van der Waals surface area contributed by atoms with Crippen LogP contribution in [0, 0.1) is 0 Å². The summed E-state index contributed by atoms with van der Waals surface area (Å²) in [6, 6.07) is 0. The summed E-state index contributed by atoms with van der Waals surface area (Å²) in [5, 5.41) is 0. The van der Waals surface area contributed by atoms with Crippen LogP contribution in [0.3, 0.4) is 0 Å². The summed E-state index contributed by atoms with van der Waals surface area (Å²) in [5.41, 5.74) is 2.41. The summed E-state index contributed by atoms with van der Waals surface area (Å²) < 4.78 is 0. The van der Waals surface area contributed by atoms with E-state index in [1.807, 2.05) is 14.1 Å². The Morgan fingerprint density at radius 3 is 2.54 bits per heavy atom. The summed E-state index contributed by atoms with van der Waals surface area (Å²) in [4.78, 5) is 13.7. The second kappa shape index (κ2) is 4.56. The van der Waals surface area contributed by atoms with Crippen LogP contribution in [0.2, 0.25) is 0 Å². The third kappa shape index (κ3) is 2.96. The molecule has 0 saturated carbocycles. The quantitative estimate of drug-likeness (QED) is 0.664. The van der Waals surface area contributed by atoms with Crippen LogP contribution in [0.15, 0.2) is 11.1 Å². The standard InChI is InChI=1S/C11H19NO/c1-9-5-4-6-11(13)10(9)7-8-12(2)3/h4-8H2,1-3H3. The van der Waals surface area contributed by atoms with Crippen LogP contribution in [0.1, 0.15) is 32.6 Å². The normalized spacial score (nSPS) is 18.6. The van der Waals surface area contributed by atoms with Gasteiger partial charge in [0.05, 0.1) is 0 Å². The number of hydrogen-bond acceptors (Lipinski definition) is 2. The van der Waals surface area contributed by atoms with E-state index in [9.17, 15) is 4.79 Å². The van der Waals surface area contributed by atoms with Crippen LogP contribution in [-0.4, -0.2) is 31.3 Å². The van der Waals surface area contributed by atoms with Crippen LogP contribution < -0.4 is 0 Å². The molecule has 0 aromatic rings. The molecule has 2 heteroatoms. The lowest BCUT2D eigenvalue weighted by Gasteiger charge is -2.18. The van der Waals surface area contributed by atoms with Gasteiger partial charge in [0.25, 0.3) is 0 Å². The van der Waals surface area contributed by atoms with Gasteiger partial charge >= 0.3 is 0 Å². The summed E-state index contributed by atoms with van der Waals surface area (Å²) in [5.74, 6) is 0.380. The minimum Gasteiger partial charge on any atom is -0.309 e. The fraction of sp³-hybridized carbons (Fsp3) is 0.727. The Morgan fingerprint density at radius 2 is 2.00 bits per heavy atom. The Bertz CT molecular complexity index is 228. The maximum absolute atomic E-state index is 11.5. The molecular formula is C11H19NO. The lowest BCUT2D eigenvalue weighted by atomic mass is 9.90. The molecule has 0 aliphatic heterocycles. The predicted octanol–water partition coefficient (Wildman–Crippen LogP) is 2.01. The second-order valence-electron chi connectivity index (χ2n) is 4.09. The van der Waals surface area contributed by atoms with Crippen molar-refractivity contribution in [3.8, 4) is 0 Å². The van der Waals surface area contributed by atoms with Crippen molar-refractivity contribution in [1.29, 1.82) is 0 Å². The van der Waals surface area contributed by atoms with Crippen molar-refractivity contribution in [2.75, 3.05) is 20.6 Å². The molecule has 0 unspecified atom stereocenters. The zero-order valence-electron chi connectivity index (χ0n) is 8.89. The van der Waals surface area contributed by atoms with Gasteiger partial charge in [-0.15, -0.1) is 0 Å².